The summed E-state index contributed by atoms with van der Waals surface area (Å²) >= 11 is 0. The summed E-state index contributed by atoms with van der Waals surface area (Å²) in [4.78, 5) is 0. The molecule has 2 unspecified atom stereocenters. The standard InChI is InChI=1S/C14H27NO3/c16-13(9-15-7-1-3-12-5-6-12)10-17-11-14-4-2-8-18-14/h12-16H,1-11H2. The van der Waals surface area contributed by atoms with Crippen molar-refractivity contribution in [1.29, 1.82) is 0 Å². The van der Waals surface area contributed by atoms with E-state index in [1.54, 1.807) is 0 Å². The van der Waals surface area contributed by atoms with Crippen LogP contribution in [-0.4, -0.2) is 50.2 Å². The van der Waals surface area contributed by atoms with Gasteiger partial charge >= 0.3 is 0 Å². The van der Waals surface area contributed by atoms with Gasteiger partial charge in [0.25, 0.3) is 0 Å². The summed E-state index contributed by atoms with van der Waals surface area (Å²) in [5, 5.41) is 13.0. The van der Waals surface area contributed by atoms with Crippen LogP contribution in [0, 0.1) is 5.92 Å². The smallest absolute Gasteiger partial charge is 0.0897 e. The Kier molecular flexibility index (Phi) is 6.41. The van der Waals surface area contributed by atoms with E-state index in [-0.39, 0.29) is 6.10 Å². The molecule has 2 N–H and O–H groups in total. The molecule has 0 amide bonds. The minimum absolute atomic E-state index is 0.253. The largest absolute Gasteiger partial charge is 0.389 e. The Morgan fingerprint density at radius 2 is 2.22 bits per heavy atom. The Balaban J connectivity index is 1.35. The summed E-state index contributed by atoms with van der Waals surface area (Å²) in [6.07, 6.45) is 7.52. The third-order valence-electron chi connectivity index (χ3n) is 3.68. The van der Waals surface area contributed by atoms with Gasteiger partial charge in [-0.05, 0) is 38.1 Å². The molecule has 4 nitrogen and oxygen atoms in total. The van der Waals surface area contributed by atoms with E-state index in [1.165, 1.54) is 25.7 Å². The van der Waals surface area contributed by atoms with Crippen LogP contribution in [0.3, 0.4) is 0 Å². The Labute approximate surface area is 110 Å². The predicted octanol–water partition coefficient (Wildman–Crippen LogP) is 1.32. The molecule has 1 aliphatic heterocycles. The SMILES string of the molecule is OC(CNCCCC1CC1)COCC1CCCO1. The molecule has 0 aromatic heterocycles. The average molecular weight is 257 g/mol. The summed E-state index contributed by atoms with van der Waals surface area (Å²) in [5.74, 6) is 1.01. The average Bonchev–Trinajstić information content (AvgIpc) is 3.04. The monoisotopic (exact) mass is 257 g/mol. The van der Waals surface area contributed by atoms with E-state index in [1.807, 2.05) is 0 Å². The van der Waals surface area contributed by atoms with Crippen LogP contribution in [0.25, 0.3) is 0 Å². The van der Waals surface area contributed by atoms with Gasteiger partial charge in [0.15, 0.2) is 0 Å². The van der Waals surface area contributed by atoms with Crippen molar-refractivity contribution >= 4 is 0 Å². The van der Waals surface area contributed by atoms with Crippen molar-refractivity contribution in [3.05, 3.63) is 0 Å². The van der Waals surface area contributed by atoms with Gasteiger partial charge in [-0.2, -0.15) is 0 Å². The van der Waals surface area contributed by atoms with Crippen molar-refractivity contribution in [2.45, 2.75) is 50.7 Å². The van der Waals surface area contributed by atoms with Gasteiger partial charge in [-0.25, -0.2) is 0 Å². The van der Waals surface area contributed by atoms with E-state index in [0.717, 1.165) is 31.9 Å². The molecular weight excluding hydrogens is 230 g/mol. The fraction of sp³-hybridized carbons (Fsp3) is 1.00. The highest BCUT2D eigenvalue weighted by atomic mass is 16.5. The normalized spacial score (nSPS) is 25.5. The van der Waals surface area contributed by atoms with Gasteiger partial charge in [-0.3, -0.25) is 0 Å². The quantitative estimate of drug-likeness (QED) is 0.580. The highest BCUT2D eigenvalue weighted by Crippen LogP contribution is 2.33. The molecule has 0 aromatic rings. The zero-order valence-corrected chi connectivity index (χ0v) is 11.3. The summed E-state index contributed by atoms with van der Waals surface area (Å²) in [7, 11) is 0. The van der Waals surface area contributed by atoms with Gasteiger partial charge in [-0.15, -0.1) is 0 Å². The minimum atomic E-state index is -0.396. The Morgan fingerprint density at radius 1 is 1.33 bits per heavy atom. The molecule has 2 aliphatic rings. The lowest BCUT2D eigenvalue weighted by Gasteiger charge is -2.14. The molecule has 1 aliphatic carbocycles. The molecule has 2 rings (SSSR count). The highest BCUT2D eigenvalue weighted by molar-refractivity contribution is 4.73. The summed E-state index contributed by atoms with van der Waals surface area (Å²) in [6.45, 7) is 3.54. The number of aliphatic hydroxyl groups excluding tert-OH is 1. The zero-order valence-electron chi connectivity index (χ0n) is 11.3. The van der Waals surface area contributed by atoms with Crippen LogP contribution in [0.15, 0.2) is 0 Å². The number of hydrogen-bond acceptors (Lipinski definition) is 4. The van der Waals surface area contributed by atoms with Crippen LogP contribution in [0.2, 0.25) is 0 Å². The van der Waals surface area contributed by atoms with Crippen molar-refractivity contribution in [1.82, 2.24) is 5.32 Å². The minimum Gasteiger partial charge on any atom is -0.389 e. The number of hydrogen-bond donors (Lipinski definition) is 2. The molecule has 1 saturated carbocycles. The number of nitrogens with one attached hydrogen (secondary N) is 1. The van der Waals surface area contributed by atoms with Crippen LogP contribution in [0.5, 0.6) is 0 Å². The van der Waals surface area contributed by atoms with E-state index >= 15 is 0 Å². The lowest BCUT2D eigenvalue weighted by atomic mass is 10.2. The van der Waals surface area contributed by atoms with Gasteiger partial charge in [-0.1, -0.05) is 12.8 Å². The first-order valence-corrected chi connectivity index (χ1v) is 7.42. The van der Waals surface area contributed by atoms with Crippen molar-refractivity contribution in [2.75, 3.05) is 32.9 Å². The van der Waals surface area contributed by atoms with Gasteiger partial charge in [0.05, 0.1) is 25.4 Å². The van der Waals surface area contributed by atoms with Crippen LogP contribution in [0.1, 0.15) is 38.5 Å². The van der Waals surface area contributed by atoms with Crippen molar-refractivity contribution in [3.63, 3.8) is 0 Å². The maximum Gasteiger partial charge on any atom is 0.0897 e. The first-order chi connectivity index (χ1) is 8.84. The third kappa shape index (κ3) is 6.14. The highest BCUT2D eigenvalue weighted by Gasteiger charge is 2.20. The molecule has 2 fully saturated rings. The van der Waals surface area contributed by atoms with Crippen molar-refractivity contribution in [2.24, 2.45) is 5.92 Å². The summed E-state index contributed by atoms with van der Waals surface area (Å²) in [6, 6.07) is 0. The molecule has 2 atom stereocenters. The maximum absolute atomic E-state index is 9.72. The predicted molar refractivity (Wildman–Crippen MR) is 70.6 cm³/mol. The molecule has 0 bridgehead atoms. The van der Waals surface area contributed by atoms with E-state index < -0.39 is 6.10 Å². The Morgan fingerprint density at radius 3 is 2.94 bits per heavy atom. The van der Waals surface area contributed by atoms with Gasteiger partial charge in [0.2, 0.25) is 0 Å². The lowest BCUT2D eigenvalue weighted by Crippen LogP contribution is -2.32. The topological polar surface area (TPSA) is 50.7 Å². The Bertz CT molecular complexity index is 215. The molecule has 0 aromatic carbocycles. The number of ether oxygens (including phenoxy) is 2. The van der Waals surface area contributed by atoms with Gasteiger partial charge in [0, 0.05) is 13.2 Å². The van der Waals surface area contributed by atoms with E-state index in [0.29, 0.717) is 19.8 Å². The first-order valence-electron chi connectivity index (χ1n) is 7.42. The van der Waals surface area contributed by atoms with E-state index in [4.69, 9.17) is 9.47 Å². The van der Waals surface area contributed by atoms with Crippen LogP contribution >= 0.6 is 0 Å². The summed E-state index contributed by atoms with van der Waals surface area (Å²) in [5.41, 5.74) is 0. The van der Waals surface area contributed by atoms with E-state index in [9.17, 15) is 5.11 Å². The summed E-state index contributed by atoms with van der Waals surface area (Å²) < 4.78 is 10.9. The first kappa shape index (κ1) is 14.3. The lowest BCUT2D eigenvalue weighted by molar-refractivity contribution is -0.0163. The molecule has 18 heavy (non-hydrogen) atoms. The van der Waals surface area contributed by atoms with Gasteiger partial charge in [0.1, 0.15) is 0 Å². The zero-order chi connectivity index (χ0) is 12.6. The molecular formula is C14H27NO3. The fourth-order valence-corrected chi connectivity index (χ4v) is 2.36. The third-order valence-corrected chi connectivity index (χ3v) is 3.68. The maximum atomic E-state index is 9.72. The second kappa shape index (κ2) is 8.10. The molecule has 1 heterocycles. The second-order valence-corrected chi connectivity index (χ2v) is 5.62. The number of aliphatic hydroxyl groups is 1. The fourth-order valence-electron chi connectivity index (χ4n) is 2.36. The van der Waals surface area contributed by atoms with Crippen molar-refractivity contribution < 1.29 is 14.6 Å². The van der Waals surface area contributed by atoms with Crippen LogP contribution in [0.4, 0.5) is 0 Å². The van der Waals surface area contributed by atoms with E-state index in [2.05, 4.69) is 5.32 Å². The Hall–Kier alpha value is -0.160. The van der Waals surface area contributed by atoms with Crippen LogP contribution < -0.4 is 5.32 Å². The second-order valence-electron chi connectivity index (χ2n) is 5.62. The molecule has 106 valence electrons. The molecule has 0 radical (unpaired) electrons. The molecule has 4 heteroatoms. The molecule has 1 saturated heterocycles. The van der Waals surface area contributed by atoms with Crippen molar-refractivity contribution in [3.8, 4) is 0 Å². The molecule has 0 spiro atoms. The van der Waals surface area contributed by atoms with Gasteiger partial charge < -0.3 is 19.9 Å². The number of rotatable bonds is 10. The van der Waals surface area contributed by atoms with Crippen LogP contribution in [-0.2, 0) is 9.47 Å².